The number of ether oxygens (including phenoxy) is 2. The molecule has 2 amide bonds. The Bertz CT molecular complexity index is 987. The normalized spacial score (nSPS) is 17.1. The summed E-state index contributed by atoms with van der Waals surface area (Å²) in [5.74, 6) is 1.33. The van der Waals surface area contributed by atoms with Gasteiger partial charge in [0.25, 0.3) is 0 Å². The monoisotopic (exact) mass is 422 g/mol. The Labute approximate surface area is 183 Å². The van der Waals surface area contributed by atoms with Crippen molar-refractivity contribution in [3.8, 4) is 11.5 Å². The minimum atomic E-state index is -0.597. The predicted octanol–water partition coefficient (Wildman–Crippen LogP) is 4.89. The summed E-state index contributed by atoms with van der Waals surface area (Å²) in [7, 11) is 0. The van der Waals surface area contributed by atoms with Crippen LogP contribution in [0.15, 0.2) is 42.5 Å². The van der Waals surface area contributed by atoms with E-state index in [2.05, 4.69) is 10.6 Å². The van der Waals surface area contributed by atoms with Crippen molar-refractivity contribution in [3.63, 3.8) is 0 Å². The predicted molar refractivity (Wildman–Crippen MR) is 121 cm³/mol. The molecule has 4 rings (SSSR count). The molecule has 0 atom stereocenters. The third-order valence-electron chi connectivity index (χ3n) is 6.05. The van der Waals surface area contributed by atoms with Gasteiger partial charge >= 0.3 is 0 Å². The molecule has 31 heavy (non-hydrogen) atoms. The number of hydrogen-bond donors (Lipinski definition) is 2. The molecule has 1 aliphatic carbocycles. The zero-order valence-corrected chi connectivity index (χ0v) is 18.4. The molecule has 1 fully saturated rings. The van der Waals surface area contributed by atoms with Crippen molar-refractivity contribution in [1.82, 2.24) is 0 Å². The van der Waals surface area contributed by atoms with Gasteiger partial charge in [-0.15, -0.1) is 0 Å². The number of carbonyl (C=O) groups excluding carboxylic acids is 2. The number of anilines is 2. The summed E-state index contributed by atoms with van der Waals surface area (Å²) >= 11 is 0. The van der Waals surface area contributed by atoms with Gasteiger partial charge in [0.1, 0.15) is 13.2 Å². The summed E-state index contributed by atoms with van der Waals surface area (Å²) < 4.78 is 11.4. The Kier molecular flexibility index (Phi) is 5.65. The third kappa shape index (κ3) is 4.38. The van der Waals surface area contributed by atoms with Gasteiger partial charge in [0.2, 0.25) is 11.8 Å². The second-order valence-electron chi connectivity index (χ2n) is 9.39. The lowest BCUT2D eigenvalue weighted by molar-refractivity contribution is -0.123. The summed E-state index contributed by atoms with van der Waals surface area (Å²) in [5, 5.41) is 6.01. The van der Waals surface area contributed by atoms with Crippen LogP contribution in [0, 0.1) is 5.41 Å². The van der Waals surface area contributed by atoms with E-state index >= 15 is 0 Å². The number of nitrogens with one attached hydrogen (secondary N) is 2. The molecule has 6 heteroatoms. The van der Waals surface area contributed by atoms with E-state index in [-0.39, 0.29) is 11.8 Å². The average molecular weight is 423 g/mol. The van der Waals surface area contributed by atoms with E-state index in [0.29, 0.717) is 30.3 Å². The molecule has 1 heterocycles. The minimum absolute atomic E-state index is 0.0269. The second kappa shape index (κ2) is 8.25. The summed E-state index contributed by atoms with van der Waals surface area (Å²) in [5.41, 5.74) is 1.20. The SMILES string of the molecule is CC(C)(C)C(=O)Nc1cccc(NC(=O)C2(c3ccc4c(c3)OCCO4)CCCC2)c1. The topological polar surface area (TPSA) is 76.7 Å². The first-order valence-corrected chi connectivity index (χ1v) is 10.9. The minimum Gasteiger partial charge on any atom is -0.486 e. The Morgan fingerprint density at radius 1 is 0.871 bits per heavy atom. The van der Waals surface area contributed by atoms with Crippen molar-refractivity contribution in [2.45, 2.75) is 51.9 Å². The lowest BCUT2D eigenvalue weighted by Gasteiger charge is -2.30. The Morgan fingerprint density at radius 3 is 2.19 bits per heavy atom. The lowest BCUT2D eigenvalue weighted by atomic mass is 9.77. The van der Waals surface area contributed by atoms with Gasteiger partial charge in [-0.3, -0.25) is 9.59 Å². The molecule has 0 bridgehead atoms. The molecule has 0 unspecified atom stereocenters. The maximum atomic E-state index is 13.5. The highest BCUT2D eigenvalue weighted by Crippen LogP contribution is 2.45. The maximum Gasteiger partial charge on any atom is 0.235 e. The first kappa shape index (κ1) is 21.2. The van der Waals surface area contributed by atoms with Crippen LogP contribution >= 0.6 is 0 Å². The second-order valence-corrected chi connectivity index (χ2v) is 9.39. The lowest BCUT2D eigenvalue weighted by Crippen LogP contribution is -2.38. The van der Waals surface area contributed by atoms with E-state index in [4.69, 9.17) is 9.47 Å². The van der Waals surface area contributed by atoms with Crippen LogP contribution in [0.5, 0.6) is 11.5 Å². The molecule has 6 nitrogen and oxygen atoms in total. The van der Waals surface area contributed by atoms with Crippen molar-refractivity contribution in [1.29, 1.82) is 0 Å². The molecule has 0 radical (unpaired) electrons. The van der Waals surface area contributed by atoms with Gasteiger partial charge in [0, 0.05) is 16.8 Å². The number of rotatable bonds is 4. The van der Waals surface area contributed by atoms with Gasteiger partial charge in [0.05, 0.1) is 5.41 Å². The van der Waals surface area contributed by atoms with E-state index in [1.54, 1.807) is 6.07 Å². The van der Waals surface area contributed by atoms with Crippen LogP contribution in [0.2, 0.25) is 0 Å². The molecule has 1 aliphatic heterocycles. The molecule has 2 aliphatic rings. The Morgan fingerprint density at radius 2 is 1.52 bits per heavy atom. The fraction of sp³-hybridized carbons (Fsp3) is 0.440. The van der Waals surface area contributed by atoms with Crippen LogP contribution in [0.4, 0.5) is 11.4 Å². The first-order chi connectivity index (χ1) is 14.8. The number of benzene rings is 2. The van der Waals surface area contributed by atoms with Crippen LogP contribution < -0.4 is 20.1 Å². The number of hydrogen-bond acceptors (Lipinski definition) is 4. The van der Waals surface area contributed by atoms with Crippen molar-refractivity contribution >= 4 is 23.2 Å². The molecule has 0 saturated heterocycles. The van der Waals surface area contributed by atoms with Crippen LogP contribution in [-0.4, -0.2) is 25.0 Å². The number of fused-ring (bicyclic) bond motifs is 1. The Hall–Kier alpha value is -3.02. The molecule has 1 saturated carbocycles. The quantitative estimate of drug-likeness (QED) is 0.735. The molecule has 2 N–H and O–H groups in total. The molecular weight excluding hydrogens is 392 g/mol. The van der Waals surface area contributed by atoms with Crippen LogP contribution in [-0.2, 0) is 15.0 Å². The van der Waals surface area contributed by atoms with Crippen molar-refractivity contribution in [3.05, 3.63) is 48.0 Å². The van der Waals surface area contributed by atoms with Gasteiger partial charge in [-0.1, -0.05) is 45.7 Å². The van der Waals surface area contributed by atoms with Gasteiger partial charge in [0.15, 0.2) is 11.5 Å². The van der Waals surface area contributed by atoms with E-state index in [0.717, 1.165) is 37.0 Å². The highest BCUT2D eigenvalue weighted by molar-refractivity contribution is 6.00. The summed E-state index contributed by atoms with van der Waals surface area (Å²) in [4.78, 5) is 25.8. The molecule has 0 aromatic heterocycles. The highest BCUT2D eigenvalue weighted by atomic mass is 16.6. The maximum absolute atomic E-state index is 13.5. The Balaban J connectivity index is 1.56. The van der Waals surface area contributed by atoms with Crippen LogP contribution in [0.25, 0.3) is 0 Å². The average Bonchev–Trinajstić information content (AvgIpc) is 3.24. The number of carbonyl (C=O) groups is 2. The molecule has 164 valence electrons. The smallest absolute Gasteiger partial charge is 0.235 e. The fourth-order valence-corrected chi connectivity index (χ4v) is 4.21. The van der Waals surface area contributed by atoms with Crippen molar-refractivity contribution < 1.29 is 19.1 Å². The molecule has 0 spiro atoms. The number of amides is 2. The van der Waals surface area contributed by atoms with Crippen molar-refractivity contribution in [2.75, 3.05) is 23.8 Å². The fourth-order valence-electron chi connectivity index (χ4n) is 4.21. The van der Waals surface area contributed by atoms with Crippen molar-refractivity contribution in [2.24, 2.45) is 5.41 Å². The van der Waals surface area contributed by atoms with E-state index in [9.17, 15) is 9.59 Å². The van der Waals surface area contributed by atoms with E-state index < -0.39 is 10.8 Å². The van der Waals surface area contributed by atoms with E-state index in [1.165, 1.54) is 0 Å². The summed E-state index contributed by atoms with van der Waals surface area (Å²) in [6, 6.07) is 13.1. The highest BCUT2D eigenvalue weighted by Gasteiger charge is 2.43. The molecule has 2 aromatic carbocycles. The standard InChI is InChI=1S/C25H30N2O4/c1-24(2,3)22(28)26-18-7-6-8-19(16-18)27-23(29)25(11-4-5-12-25)17-9-10-20-21(15-17)31-14-13-30-20/h6-10,15-16H,4-5,11-14H2,1-3H3,(H,26,28)(H,27,29). The van der Waals surface area contributed by atoms with Gasteiger partial charge in [-0.25, -0.2) is 0 Å². The van der Waals surface area contributed by atoms with Gasteiger partial charge in [-0.05, 0) is 48.7 Å². The van der Waals surface area contributed by atoms with Gasteiger partial charge in [-0.2, -0.15) is 0 Å². The van der Waals surface area contributed by atoms with Crippen LogP contribution in [0.3, 0.4) is 0 Å². The first-order valence-electron chi connectivity index (χ1n) is 10.9. The van der Waals surface area contributed by atoms with E-state index in [1.807, 2.05) is 57.2 Å². The summed E-state index contributed by atoms with van der Waals surface area (Å²) in [6.45, 7) is 6.66. The zero-order valence-electron chi connectivity index (χ0n) is 18.4. The molecular formula is C25H30N2O4. The zero-order chi connectivity index (χ0) is 22.1. The third-order valence-corrected chi connectivity index (χ3v) is 6.05. The largest absolute Gasteiger partial charge is 0.486 e. The van der Waals surface area contributed by atoms with Gasteiger partial charge < -0.3 is 20.1 Å². The summed E-state index contributed by atoms with van der Waals surface area (Å²) in [6.07, 6.45) is 3.59. The molecule has 2 aromatic rings. The van der Waals surface area contributed by atoms with Crippen LogP contribution in [0.1, 0.15) is 52.0 Å².